The Morgan fingerprint density at radius 1 is 1.22 bits per heavy atom. The maximum absolute atomic E-state index is 12.3. The van der Waals surface area contributed by atoms with Crippen molar-refractivity contribution in [2.45, 2.75) is 32.2 Å². The standard InChI is InChI=1S/C18H23N3OS/c1-13(17-19-15-7-2-3-8-16(15)23-17)20-9-11-21(12-10-20)18(22)14-5-4-6-14/h2-3,7-8,13-14H,4-6,9-12H2,1H3/t13-/m0/s1. The third-order valence-corrected chi connectivity index (χ3v) is 6.50. The maximum Gasteiger partial charge on any atom is 0.225 e. The van der Waals surface area contributed by atoms with Crippen LogP contribution in [-0.4, -0.2) is 46.9 Å². The molecule has 1 aliphatic heterocycles. The lowest BCUT2D eigenvalue weighted by Gasteiger charge is -2.40. The topological polar surface area (TPSA) is 36.4 Å². The van der Waals surface area contributed by atoms with Crippen molar-refractivity contribution in [1.29, 1.82) is 0 Å². The minimum Gasteiger partial charge on any atom is -0.340 e. The van der Waals surface area contributed by atoms with Gasteiger partial charge in [0.2, 0.25) is 5.91 Å². The zero-order valence-electron chi connectivity index (χ0n) is 13.6. The molecule has 5 heteroatoms. The van der Waals surface area contributed by atoms with Crippen LogP contribution in [0.5, 0.6) is 0 Å². The van der Waals surface area contributed by atoms with Crippen molar-refractivity contribution in [2.24, 2.45) is 5.92 Å². The van der Waals surface area contributed by atoms with Gasteiger partial charge in [0.15, 0.2) is 0 Å². The molecule has 23 heavy (non-hydrogen) atoms. The fourth-order valence-electron chi connectivity index (χ4n) is 3.47. The molecule has 1 amide bonds. The summed E-state index contributed by atoms with van der Waals surface area (Å²) >= 11 is 1.79. The molecule has 1 aromatic heterocycles. The molecule has 122 valence electrons. The number of thiazole rings is 1. The Bertz CT molecular complexity index is 668. The summed E-state index contributed by atoms with van der Waals surface area (Å²) in [7, 11) is 0. The molecule has 2 aromatic rings. The summed E-state index contributed by atoms with van der Waals surface area (Å²) in [5.74, 6) is 0.715. The summed E-state index contributed by atoms with van der Waals surface area (Å²) in [6.07, 6.45) is 3.42. The van der Waals surface area contributed by atoms with Crippen molar-refractivity contribution in [2.75, 3.05) is 26.2 Å². The van der Waals surface area contributed by atoms with Crippen molar-refractivity contribution in [3.8, 4) is 0 Å². The van der Waals surface area contributed by atoms with E-state index >= 15 is 0 Å². The lowest BCUT2D eigenvalue weighted by atomic mass is 9.84. The number of amides is 1. The number of benzene rings is 1. The molecule has 1 aliphatic carbocycles. The highest BCUT2D eigenvalue weighted by Crippen LogP contribution is 2.31. The average Bonchev–Trinajstić information content (AvgIpc) is 2.96. The molecule has 4 nitrogen and oxygen atoms in total. The highest BCUT2D eigenvalue weighted by molar-refractivity contribution is 7.18. The lowest BCUT2D eigenvalue weighted by Crippen LogP contribution is -2.51. The van der Waals surface area contributed by atoms with Gasteiger partial charge in [0.1, 0.15) is 5.01 Å². The number of rotatable bonds is 3. The van der Waals surface area contributed by atoms with Crippen molar-refractivity contribution in [3.63, 3.8) is 0 Å². The molecule has 0 N–H and O–H groups in total. The summed E-state index contributed by atoms with van der Waals surface area (Å²) in [6, 6.07) is 8.66. The van der Waals surface area contributed by atoms with Crippen molar-refractivity contribution in [1.82, 2.24) is 14.8 Å². The first-order valence-corrected chi connectivity index (χ1v) is 9.42. The van der Waals surface area contributed by atoms with Crippen molar-refractivity contribution >= 4 is 27.5 Å². The third-order valence-electron chi connectivity index (χ3n) is 5.30. The second-order valence-electron chi connectivity index (χ2n) is 6.68. The van der Waals surface area contributed by atoms with Crippen LogP contribution in [0.15, 0.2) is 24.3 Å². The second-order valence-corrected chi connectivity index (χ2v) is 7.75. The number of nitrogens with zero attached hydrogens (tertiary/aromatic N) is 3. The highest BCUT2D eigenvalue weighted by atomic mass is 32.1. The van der Waals surface area contributed by atoms with E-state index in [0.29, 0.717) is 17.9 Å². The molecule has 0 spiro atoms. The number of fused-ring (bicyclic) bond motifs is 1. The Labute approximate surface area is 141 Å². The van der Waals surface area contributed by atoms with E-state index < -0.39 is 0 Å². The zero-order chi connectivity index (χ0) is 15.8. The molecule has 0 radical (unpaired) electrons. The van der Waals surface area contributed by atoms with Gasteiger partial charge in [-0.15, -0.1) is 11.3 Å². The summed E-state index contributed by atoms with van der Waals surface area (Å²) in [5.41, 5.74) is 1.10. The van der Waals surface area contributed by atoms with Gasteiger partial charge in [0, 0.05) is 32.1 Å². The van der Waals surface area contributed by atoms with Gasteiger partial charge in [-0.25, -0.2) is 4.98 Å². The minimum absolute atomic E-state index is 0.322. The number of carbonyl (C=O) groups excluding carboxylic acids is 1. The van der Waals surface area contributed by atoms with E-state index in [1.54, 1.807) is 11.3 Å². The number of aromatic nitrogens is 1. The van der Waals surface area contributed by atoms with E-state index in [1.807, 2.05) is 6.07 Å². The molecule has 1 saturated carbocycles. The van der Waals surface area contributed by atoms with Gasteiger partial charge in [-0.05, 0) is 31.9 Å². The van der Waals surface area contributed by atoms with Crippen LogP contribution in [0.4, 0.5) is 0 Å². The van der Waals surface area contributed by atoms with E-state index in [4.69, 9.17) is 4.98 Å². The maximum atomic E-state index is 12.3. The van der Waals surface area contributed by atoms with Crippen LogP contribution >= 0.6 is 11.3 Å². The van der Waals surface area contributed by atoms with E-state index in [0.717, 1.165) is 44.5 Å². The molecule has 0 unspecified atom stereocenters. The minimum atomic E-state index is 0.322. The summed E-state index contributed by atoms with van der Waals surface area (Å²) in [4.78, 5) is 21.7. The number of hydrogen-bond acceptors (Lipinski definition) is 4. The molecule has 1 atom stereocenters. The number of para-hydroxylation sites is 1. The molecule has 2 fully saturated rings. The Morgan fingerprint density at radius 2 is 1.96 bits per heavy atom. The van der Waals surface area contributed by atoms with Crippen LogP contribution in [0.3, 0.4) is 0 Å². The number of hydrogen-bond donors (Lipinski definition) is 0. The van der Waals surface area contributed by atoms with Crippen LogP contribution in [0.2, 0.25) is 0 Å². The SMILES string of the molecule is C[C@@H](c1nc2ccccc2s1)N1CCN(C(=O)C2CCC2)CC1. The van der Waals surface area contributed by atoms with Gasteiger partial charge >= 0.3 is 0 Å². The van der Waals surface area contributed by atoms with E-state index in [9.17, 15) is 4.79 Å². The second kappa shape index (κ2) is 6.21. The summed E-state index contributed by atoms with van der Waals surface area (Å²) in [6.45, 7) is 5.88. The van der Waals surface area contributed by atoms with Crippen molar-refractivity contribution < 1.29 is 4.79 Å². The Hall–Kier alpha value is -1.46. The Morgan fingerprint density at radius 3 is 2.61 bits per heavy atom. The van der Waals surface area contributed by atoms with E-state index in [-0.39, 0.29) is 0 Å². The lowest BCUT2D eigenvalue weighted by molar-refractivity contribution is -0.140. The number of carbonyl (C=O) groups is 1. The van der Waals surface area contributed by atoms with Gasteiger partial charge in [-0.2, -0.15) is 0 Å². The molecular weight excluding hydrogens is 306 g/mol. The first-order chi connectivity index (χ1) is 11.2. The molecule has 0 bridgehead atoms. The van der Waals surface area contributed by atoms with E-state index in [1.165, 1.54) is 16.1 Å². The average molecular weight is 329 g/mol. The first-order valence-electron chi connectivity index (χ1n) is 8.60. The third kappa shape index (κ3) is 2.88. The Balaban J connectivity index is 1.40. The molecular formula is C18H23N3OS. The first kappa shape index (κ1) is 15.1. The van der Waals surface area contributed by atoms with Gasteiger partial charge in [-0.3, -0.25) is 9.69 Å². The van der Waals surface area contributed by atoms with Gasteiger partial charge in [-0.1, -0.05) is 18.6 Å². The van der Waals surface area contributed by atoms with Crippen molar-refractivity contribution in [3.05, 3.63) is 29.3 Å². The Kier molecular flexibility index (Phi) is 4.07. The van der Waals surface area contributed by atoms with Crippen LogP contribution in [0.25, 0.3) is 10.2 Å². The zero-order valence-corrected chi connectivity index (χ0v) is 14.4. The van der Waals surface area contributed by atoms with Crippen LogP contribution < -0.4 is 0 Å². The highest BCUT2D eigenvalue weighted by Gasteiger charge is 2.32. The molecule has 2 aliphatic rings. The predicted octanol–water partition coefficient (Wildman–Crippen LogP) is 3.30. The quantitative estimate of drug-likeness (QED) is 0.867. The van der Waals surface area contributed by atoms with Gasteiger partial charge < -0.3 is 4.90 Å². The summed E-state index contributed by atoms with van der Waals surface area (Å²) in [5, 5.41) is 1.19. The molecule has 2 heterocycles. The number of piperazine rings is 1. The normalized spacial score (nSPS) is 21.3. The van der Waals surface area contributed by atoms with Crippen LogP contribution in [-0.2, 0) is 4.79 Å². The fraction of sp³-hybridized carbons (Fsp3) is 0.556. The fourth-order valence-corrected chi connectivity index (χ4v) is 4.52. The van der Waals surface area contributed by atoms with E-state index in [2.05, 4.69) is 34.9 Å². The largest absolute Gasteiger partial charge is 0.340 e. The van der Waals surface area contributed by atoms with Crippen LogP contribution in [0, 0.1) is 5.92 Å². The molecule has 1 aromatic carbocycles. The van der Waals surface area contributed by atoms with Crippen LogP contribution in [0.1, 0.15) is 37.2 Å². The van der Waals surface area contributed by atoms with Gasteiger partial charge in [0.05, 0.1) is 16.3 Å². The summed E-state index contributed by atoms with van der Waals surface area (Å²) < 4.78 is 1.26. The smallest absolute Gasteiger partial charge is 0.225 e. The predicted molar refractivity (Wildman–Crippen MR) is 93.5 cm³/mol. The molecule has 1 saturated heterocycles. The van der Waals surface area contributed by atoms with Gasteiger partial charge in [0.25, 0.3) is 0 Å². The monoisotopic (exact) mass is 329 g/mol. The molecule has 4 rings (SSSR count).